The quantitative estimate of drug-likeness (QED) is 0.476. The second kappa shape index (κ2) is 7.20. The molecule has 1 amide bonds. The first-order valence-corrected chi connectivity index (χ1v) is 9.43. The number of amides is 1. The van der Waals surface area contributed by atoms with Crippen molar-refractivity contribution >= 4 is 27.6 Å². The number of aromatic nitrogens is 3. The van der Waals surface area contributed by atoms with E-state index in [1.807, 2.05) is 48.5 Å². The van der Waals surface area contributed by atoms with Gasteiger partial charge in [-0.05, 0) is 40.6 Å². The third-order valence-electron chi connectivity index (χ3n) is 5.05. The first-order valence-electron chi connectivity index (χ1n) is 9.43. The van der Waals surface area contributed by atoms with Crippen LogP contribution in [0.2, 0.25) is 0 Å². The van der Waals surface area contributed by atoms with E-state index in [0.717, 1.165) is 33.1 Å². The molecule has 0 aliphatic heterocycles. The predicted octanol–water partition coefficient (Wildman–Crippen LogP) is 4.71. The summed E-state index contributed by atoms with van der Waals surface area (Å²) in [6, 6.07) is 25.9. The van der Waals surface area contributed by atoms with Crippen molar-refractivity contribution in [1.29, 1.82) is 0 Å². The first kappa shape index (κ1) is 17.1. The predicted molar refractivity (Wildman–Crippen MR) is 114 cm³/mol. The van der Waals surface area contributed by atoms with E-state index in [2.05, 4.69) is 44.8 Å². The molecule has 0 fully saturated rings. The highest BCUT2D eigenvalue weighted by Gasteiger charge is 2.12. The number of fused-ring (bicyclic) bond motifs is 2. The molecule has 5 rings (SSSR count). The van der Waals surface area contributed by atoms with Gasteiger partial charge in [0.1, 0.15) is 5.69 Å². The standard InChI is InChI=1S/C24H18N4O/c29-24(26-15-19-11-12-25-21-8-4-3-7-20(19)21)23-14-22(27-28-23)18-10-9-16-5-1-2-6-17(16)13-18/h1-14H,15H2,(H,26,29)(H,27,28). The van der Waals surface area contributed by atoms with Crippen LogP contribution in [0.4, 0.5) is 0 Å². The number of carbonyl (C=O) groups is 1. The molecule has 0 radical (unpaired) electrons. The van der Waals surface area contributed by atoms with E-state index in [0.29, 0.717) is 12.2 Å². The van der Waals surface area contributed by atoms with E-state index >= 15 is 0 Å². The number of benzene rings is 3. The Hall–Kier alpha value is -3.99. The Morgan fingerprint density at radius 2 is 1.72 bits per heavy atom. The SMILES string of the molecule is O=C(NCc1ccnc2ccccc12)c1cc(-c2ccc3ccccc3c2)n[nH]1. The van der Waals surface area contributed by atoms with Crippen LogP contribution in [0.1, 0.15) is 16.1 Å². The summed E-state index contributed by atoms with van der Waals surface area (Å²) in [5.74, 6) is -0.189. The maximum atomic E-state index is 12.6. The van der Waals surface area contributed by atoms with Crippen molar-refractivity contribution in [3.8, 4) is 11.3 Å². The molecule has 2 heterocycles. The highest BCUT2D eigenvalue weighted by atomic mass is 16.1. The normalized spacial score (nSPS) is 11.0. The lowest BCUT2D eigenvalue weighted by molar-refractivity contribution is 0.0946. The molecule has 29 heavy (non-hydrogen) atoms. The molecule has 0 bridgehead atoms. The summed E-state index contributed by atoms with van der Waals surface area (Å²) in [6.45, 7) is 0.423. The molecule has 0 saturated carbocycles. The van der Waals surface area contributed by atoms with E-state index < -0.39 is 0 Å². The van der Waals surface area contributed by atoms with Gasteiger partial charge in [-0.2, -0.15) is 5.10 Å². The molecule has 0 spiro atoms. The maximum absolute atomic E-state index is 12.6. The molecule has 0 aliphatic carbocycles. The molecule has 2 aromatic heterocycles. The van der Waals surface area contributed by atoms with Gasteiger partial charge in [0.25, 0.3) is 5.91 Å². The minimum absolute atomic E-state index is 0.189. The Kier molecular flexibility index (Phi) is 4.26. The number of H-pyrrole nitrogens is 1. The van der Waals surface area contributed by atoms with Crippen molar-refractivity contribution in [2.24, 2.45) is 0 Å². The number of aromatic amines is 1. The average molecular weight is 378 g/mol. The van der Waals surface area contributed by atoms with Gasteiger partial charge in [0.15, 0.2) is 0 Å². The molecule has 0 unspecified atom stereocenters. The van der Waals surface area contributed by atoms with Gasteiger partial charge >= 0.3 is 0 Å². The van der Waals surface area contributed by atoms with Gasteiger partial charge in [-0.1, -0.05) is 54.6 Å². The van der Waals surface area contributed by atoms with Gasteiger partial charge in [-0.25, -0.2) is 0 Å². The molecular formula is C24H18N4O. The van der Waals surface area contributed by atoms with Gasteiger partial charge in [-0.15, -0.1) is 0 Å². The zero-order valence-electron chi connectivity index (χ0n) is 15.6. The van der Waals surface area contributed by atoms with E-state index in [1.54, 1.807) is 12.3 Å². The van der Waals surface area contributed by atoms with Crippen molar-refractivity contribution in [2.75, 3.05) is 0 Å². The number of pyridine rings is 1. The lowest BCUT2D eigenvalue weighted by atomic mass is 10.1. The fourth-order valence-electron chi connectivity index (χ4n) is 3.51. The fraction of sp³-hybridized carbons (Fsp3) is 0.0417. The number of carbonyl (C=O) groups excluding carboxylic acids is 1. The molecule has 0 aliphatic rings. The van der Waals surface area contributed by atoms with Crippen molar-refractivity contribution in [3.63, 3.8) is 0 Å². The summed E-state index contributed by atoms with van der Waals surface area (Å²) < 4.78 is 0. The largest absolute Gasteiger partial charge is 0.347 e. The van der Waals surface area contributed by atoms with Crippen LogP contribution >= 0.6 is 0 Å². The third-order valence-corrected chi connectivity index (χ3v) is 5.05. The molecule has 5 aromatic rings. The lowest BCUT2D eigenvalue weighted by Crippen LogP contribution is -2.23. The van der Waals surface area contributed by atoms with Gasteiger partial charge in [-0.3, -0.25) is 14.9 Å². The van der Waals surface area contributed by atoms with Crippen molar-refractivity contribution in [3.05, 3.63) is 96.3 Å². The Labute approximate surface area is 167 Å². The van der Waals surface area contributed by atoms with Crippen LogP contribution in [-0.2, 0) is 6.54 Å². The minimum Gasteiger partial charge on any atom is -0.347 e. The molecule has 5 nitrogen and oxygen atoms in total. The molecule has 140 valence electrons. The minimum atomic E-state index is -0.189. The van der Waals surface area contributed by atoms with Gasteiger partial charge in [0.05, 0.1) is 11.2 Å². The molecule has 2 N–H and O–H groups in total. The maximum Gasteiger partial charge on any atom is 0.269 e. The topological polar surface area (TPSA) is 70.7 Å². The number of para-hydroxylation sites is 1. The number of nitrogens with zero attached hydrogens (tertiary/aromatic N) is 2. The van der Waals surface area contributed by atoms with Crippen LogP contribution in [0.25, 0.3) is 32.9 Å². The summed E-state index contributed by atoms with van der Waals surface area (Å²) >= 11 is 0. The van der Waals surface area contributed by atoms with Crippen molar-refractivity contribution in [1.82, 2.24) is 20.5 Å². The second-order valence-corrected chi connectivity index (χ2v) is 6.90. The van der Waals surface area contributed by atoms with Crippen LogP contribution in [0.5, 0.6) is 0 Å². The molecule has 0 saturated heterocycles. The van der Waals surface area contributed by atoms with Crippen LogP contribution < -0.4 is 5.32 Å². The van der Waals surface area contributed by atoms with E-state index in [-0.39, 0.29) is 5.91 Å². The van der Waals surface area contributed by atoms with Crippen LogP contribution in [0.3, 0.4) is 0 Å². The third kappa shape index (κ3) is 3.34. The van der Waals surface area contributed by atoms with Gasteiger partial charge in [0, 0.05) is 23.7 Å². The Morgan fingerprint density at radius 1 is 0.897 bits per heavy atom. The summed E-state index contributed by atoms with van der Waals surface area (Å²) in [5, 5.41) is 13.5. The fourth-order valence-corrected chi connectivity index (χ4v) is 3.51. The molecular weight excluding hydrogens is 360 g/mol. The molecule has 0 atom stereocenters. The number of rotatable bonds is 4. The van der Waals surface area contributed by atoms with Crippen LogP contribution in [0, 0.1) is 0 Å². The summed E-state index contributed by atoms with van der Waals surface area (Å²) in [6.07, 6.45) is 1.76. The number of nitrogens with one attached hydrogen (secondary N) is 2. The Balaban J connectivity index is 1.35. The Bertz CT molecular complexity index is 1330. The highest BCUT2D eigenvalue weighted by Crippen LogP contribution is 2.23. The number of hydrogen-bond acceptors (Lipinski definition) is 3. The smallest absolute Gasteiger partial charge is 0.269 e. The van der Waals surface area contributed by atoms with E-state index in [1.165, 1.54) is 5.39 Å². The second-order valence-electron chi connectivity index (χ2n) is 6.90. The molecule has 3 aromatic carbocycles. The zero-order chi connectivity index (χ0) is 19.6. The van der Waals surface area contributed by atoms with Crippen molar-refractivity contribution < 1.29 is 4.79 Å². The monoisotopic (exact) mass is 378 g/mol. The molecule has 5 heteroatoms. The Morgan fingerprint density at radius 3 is 2.66 bits per heavy atom. The van der Waals surface area contributed by atoms with Gasteiger partial charge < -0.3 is 5.32 Å². The summed E-state index contributed by atoms with van der Waals surface area (Å²) in [4.78, 5) is 17.0. The van der Waals surface area contributed by atoms with E-state index in [9.17, 15) is 4.79 Å². The average Bonchev–Trinajstić information content (AvgIpc) is 3.27. The summed E-state index contributed by atoms with van der Waals surface area (Å²) in [5.41, 5.74) is 4.10. The van der Waals surface area contributed by atoms with Gasteiger partial charge in [0.2, 0.25) is 0 Å². The number of hydrogen-bond donors (Lipinski definition) is 2. The first-order chi connectivity index (χ1) is 14.3. The zero-order valence-corrected chi connectivity index (χ0v) is 15.6. The lowest BCUT2D eigenvalue weighted by Gasteiger charge is -2.07. The summed E-state index contributed by atoms with van der Waals surface area (Å²) in [7, 11) is 0. The highest BCUT2D eigenvalue weighted by molar-refractivity contribution is 5.94. The van der Waals surface area contributed by atoms with Crippen molar-refractivity contribution in [2.45, 2.75) is 6.54 Å². The van der Waals surface area contributed by atoms with E-state index in [4.69, 9.17) is 0 Å². The van der Waals surface area contributed by atoms with Crippen LogP contribution in [-0.4, -0.2) is 21.1 Å². The van der Waals surface area contributed by atoms with Crippen LogP contribution in [0.15, 0.2) is 85.1 Å².